The van der Waals surface area contributed by atoms with Crippen molar-refractivity contribution in [1.82, 2.24) is 14.8 Å². The lowest BCUT2D eigenvalue weighted by Gasteiger charge is -2.22. The largest absolute Gasteiger partial charge is 0.497 e. The second kappa shape index (κ2) is 4.33. The van der Waals surface area contributed by atoms with E-state index in [1.807, 2.05) is 16.8 Å². The van der Waals surface area contributed by atoms with E-state index >= 15 is 0 Å². The molecule has 18 heavy (non-hydrogen) atoms. The van der Waals surface area contributed by atoms with E-state index in [0.717, 1.165) is 31.0 Å². The van der Waals surface area contributed by atoms with Gasteiger partial charge in [0.25, 0.3) is 0 Å². The molecule has 1 atom stereocenters. The lowest BCUT2D eigenvalue weighted by atomic mass is 9.91. The maximum atomic E-state index is 5.69. The van der Waals surface area contributed by atoms with Crippen molar-refractivity contribution in [1.29, 1.82) is 0 Å². The van der Waals surface area contributed by atoms with Crippen LogP contribution in [0.5, 0.6) is 5.75 Å². The molecular weight excluding hydrogens is 228 g/mol. The Balaban J connectivity index is 2.02. The standard InChI is InChI=1S/C13H16N4O/c1-18-10-5-2-4-9(8-10)11-6-3-7-17-12(11)15-13(14)16-17/h2,4-5,8,11H,3,6-7H2,1H3,(H2,14,16). The van der Waals surface area contributed by atoms with Crippen LogP contribution >= 0.6 is 0 Å². The molecule has 5 heteroatoms. The van der Waals surface area contributed by atoms with Gasteiger partial charge in [0.1, 0.15) is 11.6 Å². The van der Waals surface area contributed by atoms with E-state index in [1.165, 1.54) is 5.56 Å². The number of aromatic nitrogens is 3. The number of nitrogens with zero attached hydrogens (tertiary/aromatic N) is 3. The number of nitrogens with two attached hydrogens (primary N) is 1. The Morgan fingerprint density at radius 2 is 2.33 bits per heavy atom. The first-order valence-corrected chi connectivity index (χ1v) is 6.12. The fourth-order valence-electron chi connectivity index (χ4n) is 2.54. The number of nitrogen functional groups attached to an aromatic ring is 1. The molecule has 0 fully saturated rings. The van der Waals surface area contributed by atoms with Gasteiger partial charge in [0, 0.05) is 12.5 Å². The highest BCUT2D eigenvalue weighted by Gasteiger charge is 2.25. The molecule has 0 radical (unpaired) electrons. The molecule has 5 nitrogen and oxygen atoms in total. The Morgan fingerprint density at radius 1 is 1.44 bits per heavy atom. The predicted molar refractivity (Wildman–Crippen MR) is 68.5 cm³/mol. The second-order valence-corrected chi connectivity index (χ2v) is 4.52. The molecule has 1 aliphatic rings. The molecule has 0 spiro atoms. The third-order valence-corrected chi connectivity index (χ3v) is 3.39. The van der Waals surface area contributed by atoms with Gasteiger partial charge in [-0.25, -0.2) is 4.68 Å². The van der Waals surface area contributed by atoms with Crippen LogP contribution in [0.4, 0.5) is 5.95 Å². The third kappa shape index (κ3) is 1.81. The topological polar surface area (TPSA) is 66.0 Å². The van der Waals surface area contributed by atoms with Crippen molar-refractivity contribution in [2.24, 2.45) is 0 Å². The van der Waals surface area contributed by atoms with E-state index in [0.29, 0.717) is 5.95 Å². The summed E-state index contributed by atoms with van der Waals surface area (Å²) in [6.45, 7) is 0.903. The molecular formula is C13H16N4O. The zero-order valence-corrected chi connectivity index (χ0v) is 10.3. The number of aryl methyl sites for hydroxylation is 1. The van der Waals surface area contributed by atoms with Crippen LogP contribution in [0.3, 0.4) is 0 Å². The quantitative estimate of drug-likeness (QED) is 0.874. The van der Waals surface area contributed by atoms with Gasteiger partial charge in [0.15, 0.2) is 0 Å². The number of rotatable bonds is 2. The van der Waals surface area contributed by atoms with E-state index in [4.69, 9.17) is 10.5 Å². The fourth-order valence-corrected chi connectivity index (χ4v) is 2.54. The number of hydrogen-bond donors (Lipinski definition) is 1. The van der Waals surface area contributed by atoms with Crippen LogP contribution in [0.1, 0.15) is 30.1 Å². The highest BCUT2D eigenvalue weighted by molar-refractivity contribution is 5.35. The maximum absolute atomic E-state index is 5.69. The van der Waals surface area contributed by atoms with E-state index < -0.39 is 0 Å². The summed E-state index contributed by atoms with van der Waals surface area (Å²) < 4.78 is 7.19. The third-order valence-electron chi connectivity index (χ3n) is 3.39. The van der Waals surface area contributed by atoms with Crippen LogP contribution in [0.25, 0.3) is 0 Å². The second-order valence-electron chi connectivity index (χ2n) is 4.52. The molecule has 1 aromatic carbocycles. The molecule has 2 heterocycles. The molecule has 1 aliphatic heterocycles. The molecule has 0 aliphatic carbocycles. The Kier molecular flexibility index (Phi) is 2.66. The first-order valence-electron chi connectivity index (χ1n) is 6.12. The lowest BCUT2D eigenvalue weighted by Crippen LogP contribution is -2.18. The summed E-state index contributed by atoms with van der Waals surface area (Å²) in [6, 6.07) is 8.12. The van der Waals surface area contributed by atoms with Crippen LogP contribution in [0.2, 0.25) is 0 Å². The number of anilines is 1. The van der Waals surface area contributed by atoms with Crippen LogP contribution in [-0.2, 0) is 6.54 Å². The minimum absolute atomic E-state index is 0.263. The van der Waals surface area contributed by atoms with E-state index in [-0.39, 0.29) is 5.92 Å². The number of benzene rings is 1. The highest BCUT2D eigenvalue weighted by atomic mass is 16.5. The van der Waals surface area contributed by atoms with Gasteiger partial charge < -0.3 is 10.5 Å². The molecule has 0 saturated heterocycles. The van der Waals surface area contributed by atoms with Crippen molar-refractivity contribution in [3.05, 3.63) is 35.7 Å². The summed E-state index contributed by atoms with van der Waals surface area (Å²) in [4.78, 5) is 4.35. The van der Waals surface area contributed by atoms with Gasteiger partial charge in [-0.3, -0.25) is 0 Å². The fraction of sp³-hybridized carbons (Fsp3) is 0.385. The summed E-state index contributed by atoms with van der Waals surface area (Å²) in [6.07, 6.45) is 2.17. The van der Waals surface area contributed by atoms with Crippen molar-refractivity contribution < 1.29 is 4.74 Å². The molecule has 1 aromatic heterocycles. The highest BCUT2D eigenvalue weighted by Crippen LogP contribution is 2.33. The molecule has 3 rings (SSSR count). The number of methoxy groups -OCH3 is 1. The van der Waals surface area contributed by atoms with Crippen LogP contribution in [0.15, 0.2) is 24.3 Å². The van der Waals surface area contributed by atoms with E-state index in [9.17, 15) is 0 Å². The van der Waals surface area contributed by atoms with Crippen LogP contribution in [-0.4, -0.2) is 21.9 Å². The molecule has 2 aromatic rings. The zero-order chi connectivity index (χ0) is 12.5. The summed E-state index contributed by atoms with van der Waals surface area (Å²) in [5, 5.41) is 4.22. The van der Waals surface area contributed by atoms with Gasteiger partial charge in [-0.15, -0.1) is 5.10 Å². The molecule has 1 unspecified atom stereocenters. The maximum Gasteiger partial charge on any atom is 0.239 e. The van der Waals surface area contributed by atoms with Crippen molar-refractivity contribution in [3.8, 4) is 5.75 Å². The van der Waals surface area contributed by atoms with E-state index in [2.05, 4.69) is 22.2 Å². The first kappa shape index (κ1) is 11.1. The van der Waals surface area contributed by atoms with E-state index in [1.54, 1.807) is 7.11 Å². The molecule has 94 valence electrons. The van der Waals surface area contributed by atoms with Gasteiger partial charge in [0.2, 0.25) is 5.95 Å². The van der Waals surface area contributed by atoms with Gasteiger partial charge in [-0.05, 0) is 30.5 Å². The zero-order valence-electron chi connectivity index (χ0n) is 10.3. The average Bonchev–Trinajstić information content (AvgIpc) is 2.78. The monoisotopic (exact) mass is 244 g/mol. The normalized spacial score (nSPS) is 18.4. The Morgan fingerprint density at radius 3 is 3.17 bits per heavy atom. The average molecular weight is 244 g/mol. The van der Waals surface area contributed by atoms with Gasteiger partial charge in [0.05, 0.1) is 7.11 Å². The Labute approximate surface area is 106 Å². The van der Waals surface area contributed by atoms with Gasteiger partial charge in [-0.2, -0.15) is 4.98 Å². The summed E-state index contributed by atoms with van der Waals surface area (Å²) >= 11 is 0. The number of hydrogen-bond acceptors (Lipinski definition) is 4. The van der Waals surface area contributed by atoms with Crippen molar-refractivity contribution in [2.75, 3.05) is 12.8 Å². The molecule has 0 bridgehead atoms. The summed E-state index contributed by atoms with van der Waals surface area (Å²) in [5.74, 6) is 2.46. The summed E-state index contributed by atoms with van der Waals surface area (Å²) in [7, 11) is 1.68. The first-order chi connectivity index (χ1) is 8.78. The van der Waals surface area contributed by atoms with Crippen LogP contribution < -0.4 is 10.5 Å². The number of ether oxygens (including phenoxy) is 1. The van der Waals surface area contributed by atoms with Crippen molar-refractivity contribution in [2.45, 2.75) is 25.3 Å². The predicted octanol–water partition coefficient (Wildman–Crippen LogP) is 1.79. The van der Waals surface area contributed by atoms with Gasteiger partial charge in [-0.1, -0.05) is 12.1 Å². The summed E-state index contributed by atoms with van der Waals surface area (Å²) in [5.41, 5.74) is 6.90. The Bertz CT molecular complexity index is 564. The molecule has 0 amide bonds. The van der Waals surface area contributed by atoms with Crippen molar-refractivity contribution in [3.63, 3.8) is 0 Å². The number of fused-ring (bicyclic) bond motifs is 1. The van der Waals surface area contributed by atoms with Gasteiger partial charge >= 0.3 is 0 Å². The minimum Gasteiger partial charge on any atom is -0.497 e. The van der Waals surface area contributed by atoms with Crippen molar-refractivity contribution >= 4 is 5.95 Å². The van der Waals surface area contributed by atoms with Crippen LogP contribution in [0, 0.1) is 0 Å². The lowest BCUT2D eigenvalue weighted by molar-refractivity contribution is 0.411. The minimum atomic E-state index is 0.263. The Hall–Kier alpha value is -2.04. The smallest absolute Gasteiger partial charge is 0.239 e. The molecule has 2 N–H and O–H groups in total. The SMILES string of the molecule is COc1cccc(C2CCCn3nc(N)nc32)c1. The molecule has 0 saturated carbocycles.